The number of halogens is 2. The van der Waals surface area contributed by atoms with E-state index >= 15 is 0 Å². The van der Waals surface area contributed by atoms with E-state index in [0.29, 0.717) is 0 Å². The number of pyridine rings is 1. The van der Waals surface area contributed by atoms with Gasteiger partial charge in [0.1, 0.15) is 0 Å². The van der Waals surface area contributed by atoms with Crippen molar-refractivity contribution in [3.8, 4) is 0 Å². The molecule has 1 aromatic heterocycles. The first-order valence-electron chi connectivity index (χ1n) is 11.2. The van der Waals surface area contributed by atoms with Gasteiger partial charge in [-0.15, -0.1) is 0 Å². The molecular formula is C29H29Cl2FeN3. The summed E-state index contributed by atoms with van der Waals surface area (Å²) in [5, 5.41) is 2.21. The molecule has 1 heterocycles. The number of hydrogen-bond donors (Lipinski definition) is 0. The predicted molar refractivity (Wildman–Crippen MR) is 149 cm³/mol. The molecule has 4 aromatic rings. The van der Waals surface area contributed by atoms with Crippen LogP contribution in [0.2, 0.25) is 0 Å². The van der Waals surface area contributed by atoms with Crippen LogP contribution < -0.4 is 0 Å². The Labute approximate surface area is 223 Å². The summed E-state index contributed by atoms with van der Waals surface area (Å²) < 4.78 is 0. The van der Waals surface area contributed by atoms with Gasteiger partial charge in [0.2, 0.25) is 0 Å². The first-order chi connectivity index (χ1) is 16.7. The topological polar surface area (TPSA) is 37.6 Å². The Hall–Kier alpha value is -2.49. The van der Waals surface area contributed by atoms with Crippen LogP contribution in [0.4, 0.5) is 11.4 Å². The number of hydrogen-bond acceptors (Lipinski definition) is 3. The van der Waals surface area contributed by atoms with Crippen LogP contribution in [0.1, 0.15) is 44.8 Å². The van der Waals surface area contributed by atoms with Crippen LogP contribution in [-0.4, -0.2) is 17.4 Å². The first-order valence-corrected chi connectivity index (χ1v) is 14.3. The van der Waals surface area contributed by atoms with Crippen LogP contribution >= 0.6 is 20.2 Å². The van der Waals surface area contributed by atoms with Crippen LogP contribution in [-0.2, 0) is 13.1 Å². The summed E-state index contributed by atoms with van der Waals surface area (Å²) in [6.45, 7) is 12.6. The fraction of sp³-hybridized carbons (Fsp3) is 0.207. The summed E-state index contributed by atoms with van der Waals surface area (Å²) in [6.07, 6.45) is 3.74. The van der Waals surface area contributed by atoms with Gasteiger partial charge >= 0.3 is 33.3 Å². The van der Waals surface area contributed by atoms with Crippen molar-refractivity contribution in [2.75, 3.05) is 0 Å². The van der Waals surface area contributed by atoms with Gasteiger partial charge in [-0.25, -0.2) is 4.98 Å². The second-order valence-electron chi connectivity index (χ2n) is 8.72. The molecule has 0 bridgehead atoms. The van der Waals surface area contributed by atoms with Crippen molar-refractivity contribution < 1.29 is 13.1 Å². The van der Waals surface area contributed by atoms with Crippen LogP contribution in [0.3, 0.4) is 0 Å². The fourth-order valence-electron chi connectivity index (χ4n) is 4.42. The zero-order chi connectivity index (χ0) is 25.5. The number of aromatic nitrogens is 1. The van der Waals surface area contributed by atoms with Crippen molar-refractivity contribution in [1.82, 2.24) is 4.98 Å². The summed E-state index contributed by atoms with van der Waals surface area (Å²) in [7, 11) is 9.53. The van der Waals surface area contributed by atoms with Crippen molar-refractivity contribution in [2.45, 2.75) is 41.5 Å². The minimum absolute atomic E-state index is 0.194. The molecule has 0 fully saturated rings. The summed E-state index contributed by atoms with van der Waals surface area (Å²) in [5.41, 5.74) is 10.9. The molecular weight excluding hydrogens is 517 g/mol. The van der Waals surface area contributed by atoms with Gasteiger partial charge in [-0.2, -0.15) is 0 Å². The maximum atomic E-state index is 4.89. The first kappa shape index (κ1) is 27.1. The third-order valence-corrected chi connectivity index (χ3v) is 5.70. The van der Waals surface area contributed by atoms with Crippen molar-refractivity contribution >= 4 is 54.8 Å². The summed E-state index contributed by atoms with van der Waals surface area (Å²) in [4.78, 5) is 14.5. The Bertz CT molecular complexity index is 1360. The van der Waals surface area contributed by atoms with E-state index in [0.717, 1.165) is 33.5 Å². The average Bonchev–Trinajstić information content (AvgIpc) is 2.78. The number of rotatable bonds is 4. The summed E-state index contributed by atoms with van der Waals surface area (Å²) in [5.74, 6) is 0. The molecule has 0 spiro atoms. The molecule has 0 saturated carbocycles. The van der Waals surface area contributed by atoms with Crippen LogP contribution in [0.25, 0.3) is 10.8 Å². The molecule has 3 nitrogen and oxygen atoms in total. The Morgan fingerprint density at radius 2 is 1.14 bits per heavy atom. The third kappa shape index (κ3) is 7.02. The van der Waals surface area contributed by atoms with Gasteiger partial charge in [-0.1, -0.05) is 59.7 Å². The van der Waals surface area contributed by atoms with E-state index in [-0.39, 0.29) is 13.1 Å². The number of benzene rings is 3. The minimum atomic E-state index is 0.194. The number of aryl methyl sites for hydroxylation is 6. The maximum absolute atomic E-state index is 4.89. The van der Waals surface area contributed by atoms with Gasteiger partial charge in [0, 0.05) is 5.39 Å². The molecule has 0 radical (unpaired) electrons. The Balaban J connectivity index is 0.00000108. The molecule has 0 saturated heterocycles. The monoisotopic (exact) mass is 545 g/mol. The number of fused-ring (bicyclic) bond motifs is 1. The van der Waals surface area contributed by atoms with E-state index in [1.807, 2.05) is 24.6 Å². The standard InChI is InChI=1S/C29H29N3.2ClH.Fe/c1-18-11-20(3)28(21(4)12-18)30-16-25-15-24-9-7-8-10-26(24)27(32-25)17-31-29-22(5)13-19(2)14-23(29)6;;;/h7-17H,1-6H3;2*1H;/q;;;+2/p-2. The molecule has 4 rings (SSSR count). The van der Waals surface area contributed by atoms with Crippen molar-refractivity contribution in [3.05, 3.63) is 99.4 Å². The van der Waals surface area contributed by atoms with Gasteiger partial charge < -0.3 is 0 Å². The van der Waals surface area contributed by atoms with Gasteiger partial charge in [0.05, 0.1) is 35.2 Å². The second kappa shape index (κ2) is 12.5. The summed E-state index contributed by atoms with van der Waals surface area (Å²) in [6, 6.07) is 19.0. The normalized spacial score (nSPS) is 11.4. The number of aliphatic imine (C=N–C) groups is 2. The molecule has 182 valence electrons. The summed E-state index contributed by atoms with van der Waals surface area (Å²) >= 11 is 0.194. The zero-order valence-electron chi connectivity index (χ0n) is 20.8. The molecule has 3 aromatic carbocycles. The average molecular weight is 546 g/mol. The molecule has 0 aliphatic carbocycles. The van der Waals surface area contributed by atoms with E-state index in [9.17, 15) is 0 Å². The zero-order valence-corrected chi connectivity index (χ0v) is 23.4. The Morgan fingerprint density at radius 3 is 1.66 bits per heavy atom. The molecule has 6 heteroatoms. The SMILES string of the molecule is Cc1cc(C)c(N=Cc2cc3ccccc3c(C=Nc3c(C)cc(C)cc3C)n2)c(C)c1.[Cl][Fe][Cl]. The molecule has 0 unspecified atom stereocenters. The molecule has 0 aliphatic heterocycles. The van der Waals surface area contributed by atoms with Crippen LogP contribution in [0.15, 0.2) is 64.6 Å². The van der Waals surface area contributed by atoms with Crippen molar-refractivity contribution in [2.24, 2.45) is 9.98 Å². The van der Waals surface area contributed by atoms with Gasteiger partial charge in [-0.3, -0.25) is 9.98 Å². The number of nitrogens with zero attached hydrogens (tertiary/aromatic N) is 3. The Kier molecular flexibility index (Phi) is 9.65. The molecule has 0 aliphatic rings. The molecule has 35 heavy (non-hydrogen) atoms. The molecule has 0 N–H and O–H groups in total. The Morgan fingerprint density at radius 1 is 0.686 bits per heavy atom. The van der Waals surface area contributed by atoms with Crippen molar-refractivity contribution in [1.29, 1.82) is 0 Å². The van der Waals surface area contributed by atoms with Gasteiger partial charge in [0.25, 0.3) is 0 Å². The van der Waals surface area contributed by atoms with E-state index in [2.05, 4.69) is 84.0 Å². The van der Waals surface area contributed by atoms with E-state index < -0.39 is 0 Å². The van der Waals surface area contributed by atoms with E-state index in [4.69, 9.17) is 35.2 Å². The fourth-order valence-corrected chi connectivity index (χ4v) is 4.42. The van der Waals surface area contributed by atoms with Crippen LogP contribution in [0.5, 0.6) is 0 Å². The van der Waals surface area contributed by atoms with Gasteiger partial charge in [0.15, 0.2) is 0 Å². The van der Waals surface area contributed by atoms with Crippen molar-refractivity contribution in [3.63, 3.8) is 0 Å². The van der Waals surface area contributed by atoms with Gasteiger partial charge in [-0.05, 0) is 75.2 Å². The van der Waals surface area contributed by atoms with Crippen LogP contribution in [0, 0.1) is 41.5 Å². The predicted octanol–water partition coefficient (Wildman–Crippen LogP) is 8.96. The van der Waals surface area contributed by atoms with E-state index in [1.165, 1.54) is 33.4 Å². The third-order valence-electron chi connectivity index (χ3n) is 5.70. The second-order valence-corrected chi connectivity index (χ2v) is 10.5. The quantitative estimate of drug-likeness (QED) is 0.186. The van der Waals surface area contributed by atoms with E-state index in [1.54, 1.807) is 0 Å². The molecule has 0 atom stereocenters. The molecule has 0 amide bonds.